The topological polar surface area (TPSA) is 18.5 Å². The molecule has 14 heavy (non-hydrogen) atoms. The predicted molar refractivity (Wildman–Crippen MR) is 54.0 cm³/mol. The molecule has 1 heterocycles. The number of hydrogen-bond acceptors (Lipinski definition) is 2. The highest BCUT2D eigenvalue weighted by Gasteiger charge is 2.36. The molecule has 78 valence electrons. The van der Waals surface area contributed by atoms with Crippen LogP contribution in [-0.2, 0) is 9.47 Å². The molecule has 2 fully saturated rings. The van der Waals surface area contributed by atoms with E-state index in [4.69, 9.17) is 9.47 Å². The average molecular weight is 194 g/mol. The zero-order valence-corrected chi connectivity index (χ0v) is 8.52. The van der Waals surface area contributed by atoms with Crippen LogP contribution in [0.1, 0.15) is 19.3 Å². The van der Waals surface area contributed by atoms with Crippen molar-refractivity contribution in [2.45, 2.75) is 25.4 Å². The summed E-state index contributed by atoms with van der Waals surface area (Å²) in [5.41, 5.74) is 0. The minimum atomic E-state index is 0.387. The molecule has 2 heteroatoms. The third kappa shape index (κ3) is 1.61. The van der Waals surface area contributed by atoms with Gasteiger partial charge in [-0.15, -0.1) is 0 Å². The summed E-state index contributed by atoms with van der Waals surface area (Å²) in [6, 6.07) is 0. The van der Waals surface area contributed by atoms with Crippen molar-refractivity contribution in [3.63, 3.8) is 0 Å². The van der Waals surface area contributed by atoms with Gasteiger partial charge in [0.25, 0.3) is 0 Å². The van der Waals surface area contributed by atoms with Gasteiger partial charge in [0.1, 0.15) is 0 Å². The van der Waals surface area contributed by atoms with E-state index in [0.717, 1.165) is 44.0 Å². The molecule has 0 amide bonds. The number of hydrogen-bond donors (Lipinski definition) is 0. The molecule has 1 aliphatic heterocycles. The van der Waals surface area contributed by atoms with E-state index >= 15 is 0 Å². The molecule has 0 aromatic carbocycles. The van der Waals surface area contributed by atoms with Gasteiger partial charge < -0.3 is 9.47 Å². The Hall–Kier alpha value is -0.340. The van der Waals surface area contributed by atoms with Gasteiger partial charge >= 0.3 is 0 Å². The van der Waals surface area contributed by atoms with E-state index < -0.39 is 0 Å². The summed E-state index contributed by atoms with van der Waals surface area (Å²) in [6.45, 7) is 2.66. The standard InChI is InChI=1S/C12H18O2/c1-2-10-5-9(1)6-11(10)7-14-12-3-4-13-8-12/h1-2,9-12H,3-8H2. The summed E-state index contributed by atoms with van der Waals surface area (Å²) in [7, 11) is 0. The van der Waals surface area contributed by atoms with Gasteiger partial charge in [0.15, 0.2) is 0 Å². The van der Waals surface area contributed by atoms with E-state index in [9.17, 15) is 0 Å². The Labute approximate surface area is 85.3 Å². The molecular formula is C12H18O2. The molecule has 4 unspecified atom stereocenters. The molecule has 0 radical (unpaired) electrons. The molecule has 1 saturated carbocycles. The highest BCUT2D eigenvalue weighted by molar-refractivity contribution is 5.10. The van der Waals surface area contributed by atoms with Crippen LogP contribution in [-0.4, -0.2) is 25.9 Å². The van der Waals surface area contributed by atoms with Crippen LogP contribution >= 0.6 is 0 Å². The maximum Gasteiger partial charge on any atom is 0.0830 e. The summed E-state index contributed by atoms with van der Waals surface area (Å²) in [5, 5.41) is 0. The number of fused-ring (bicyclic) bond motifs is 2. The van der Waals surface area contributed by atoms with E-state index in [2.05, 4.69) is 12.2 Å². The van der Waals surface area contributed by atoms with Gasteiger partial charge in [-0.3, -0.25) is 0 Å². The number of allylic oxidation sites excluding steroid dienone is 2. The van der Waals surface area contributed by atoms with E-state index in [1.165, 1.54) is 12.8 Å². The fourth-order valence-corrected chi connectivity index (χ4v) is 2.99. The van der Waals surface area contributed by atoms with Crippen molar-refractivity contribution in [2.75, 3.05) is 19.8 Å². The summed E-state index contributed by atoms with van der Waals surface area (Å²) in [5.74, 6) is 2.49. The minimum absolute atomic E-state index is 0.387. The van der Waals surface area contributed by atoms with E-state index in [0.29, 0.717) is 6.10 Å². The van der Waals surface area contributed by atoms with Crippen LogP contribution in [0.2, 0.25) is 0 Å². The molecule has 4 atom stereocenters. The van der Waals surface area contributed by atoms with Gasteiger partial charge in [-0.05, 0) is 37.0 Å². The second-order valence-electron chi connectivity index (χ2n) is 4.86. The Kier molecular flexibility index (Phi) is 2.34. The van der Waals surface area contributed by atoms with Crippen molar-refractivity contribution in [1.29, 1.82) is 0 Å². The van der Waals surface area contributed by atoms with Crippen LogP contribution in [0.3, 0.4) is 0 Å². The molecule has 0 aromatic rings. The number of rotatable bonds is 3. The van der Waals surface area contributed by atoms with Crippen LogP contribution in [0.4, 0.5) is 0 Å². The van der Waals surface area contributed by atoms with Gasteiger partial charge in [-0.25, -0.2) is 0 Å². The fraction of sp³-hybridized carbons (Fsp3) is 0.833. The van der Waals surface area contributed by atoms with Crippen molar-refractivity contribution in [2.24, 2.45) is 17.8 Å². The third-order valence-corrected chi connectivity index (χ3v) is 3.85. The highest BCUT2D eigenvalue weighted by Crippen LogP contribution is 2.43. The quantitative estimate of drug-likeness (QED) is 0.640. The Morgan fingerprint density at radius 1 is 1.29 bits per heavy atom. The molecule has 0 N–H and O–H groups in total. The van der Waals surface area contributed by atoms with Gasteiger partial charge in [-0.1, -0.05) is 12.2 Å². The predicted octanol–water partition coefficient (Wildman–Crippen LogP) is 2.00. The molecule has 1 saturated heterocycles. The molecule has 0 spiro atoms. The lowest BCUT2D eigenvalue weighted by molar-refractivity contribution is 0.0172. The SMILES string of the molecule is C1=CC2CC1CC2COC1CCOC1. The van der Waals surface area contributed by atoms with Gasteiger partial charge in [0, 0.05) is 6.61 Å². The van der Waals surface area contributed by atoms with Gasteiger partial charge in [-0.2, -0.15) is 0 Å². The summed E-state index contributed by atoms with van der Waals surface area (Å²) >= 11 is 0. The lowest BCUT2D eigenvalue weighted by Gasteiger charge is -2.20. The first-order valence-electron chi connectivity index (χ1n) is 5.79. The van der Waals surface area contributed by atoms with Crippen LogP contribution in [0.25, 0.3) is 0 Å². The summed E-state index contributed by atoms with van der Waals surface area (Å²) < 4.78 is 11.2. The molecular weight excluding hydrogens is 176 g/mol. The maximum atomic E-state index is 5.88. The van der Waals surface area contributed by atoms with Crippen molar-refractivity contribution < 1.29 is 9.47 Å². The van der Waals surface area contributed by atoms with Crippen LogP contribution in [0.5, 0.6) is 0 Å². The molecule has 2 nitrogen and oxygen atoms in total. The molecule has 3 aliphatic rings. The Morgan fingerprint density at radius 3 is 2.93 bits per heavy atom. The van der Waals surface area contributed by atoms with Crippen LogP contribution < -0.4 is 0 Å². The second-order valence-corrected chi connectivity index (χ2v) is 4.86. The molecule has 2 bridgehead atoms. The lowest BCUT2D eigenvalue weighted by Crippen LogP contribution is -2.20. The molecule has 2 aliphatic carbocycles. The van der Waals surface area contributed by atoms with Gasteiger partial charge in [0.2, 0.25) is 0 Å². The van der Waals surface area contributed by atoms with E-state index in [1.807, 2.05) is 0 Å². The lowest BCUT2D eigenvalue weighted by atomic mass is 9.94. The average Bonchev–Trinajstić information content (AvgIpc) is 2.91. The smallest absolute Gasteiger partial charge is 0.0830 e. The first kappa shape index (κ1) is 8.93. The highest BCUT2D eigenvalue weighted by atomic mass is 16.5. The second kappa shape index (κ2) is 3.67. The van der Waals surface area contributed by atoms with Crippen LogP contribution in [0.15, 0.2) is 12.2 Å². The Morgan fingerprint density at radius 2 is 2.29 bits per heavy atom. The minimum Gasteiger partial charge on any atom is -0.379 e. The van der Waals surface area contributed by atoms with Crippen molar-refractivity contribution in [3.05, 3.63) is 12.2 Å². The zero-order valence-electron chi connectivity index (χ0n) is 8.52. The molecule has 0 aromatic heterocycles. The normalized spacial score (nSPS) is 45.1. The first-order chi connectivity index (χ1) is 6.92. The van der Waals surface area contributed by atoms with Crippen molar-refractivity contribution in [1.82, 2.24) is 0 Å². The first-order valence-corrected chi connectivity index (χ1v) is 5.79. The van der Waals surface area contributed by atoms with E-state index in [1.54, 1.807) is 0 Å². The maximum absolute atomic E-state index is 5.88. The summed E-state index contributed by atoms with van der Waals surface area (Å²) in [4.78, 5) is 0. The Bertz CT molecular complexity index is 230. The monoisotopic (exact) mass is 194 g/mol. The Balaban J connectivity index is 1.47. The summed E-state index contributed by atoms with van der Waals surface area (Å²) in [6.07, 6.45) is 9.01. The van der Waals surface area contributed by atoms with Crippen molar-refractivity contribution in [3.8, 4) is 0 Å². The third-order valence-electron chi connectivity index (χ3n) is 3.85. The number of ether oxygens (including phenoxy) is 2. The van der Waals surface area contributed by atoms with E-state index in [-0.39, 0.29) is 0 Å². The zero-order chi connectivity index (χ0) is 9.38. The van der Waals surface area contributed by atoms with Crippen molar-refractivity contribution >= 4 is 0 Å². The fourth-order valence-electron chi connectivity index (χ4n) is 2.99. The van der Waals surface area contributed by atoms with Gasteiger partial charge in [0.05, 0.1) is 19.3 Å². The van der Waals surface area contributed by atoms with Crippen LogP contribution in [0, 0.1) is 17.8 Å². The molecule has 3 rings (SSSR count). The largest absolute Gasteiger partial charge is 0.379 e.